The van der Waals surface area contributed by atoms with Crippen molar-refractivity contribution in [1.82, 2.24) is 5.32 Å². The molecule has 0 spiro atoms. The Morgan fingerprint density at radius 3 is 2.68 bits per heavy atom. The normalized spacial score (nSPS) is 13.9. The highest BCUT2D eigenvalue weighted by molar-refractivity contribution is 8.00. The number of hydrogen-bond donors (Lipinski definition) is 2. The van der Waals surface area contributed by atoms with Crippen LogP contribution in [0.3, 0.4) is 0 Å². The monoisotopic (exact) mass is 321 g/mol. The van der Waals surface area contributed by atoms with Gasteiger partial charge in [-0.15, -0.1) is 11.8 Å². The van der Waals surface area contributed by atoms with Gasteiger partial charge in [-0.25, -0.2) is 0 Å². The molecule has 2 N–H and O–H groups in total. The minimum Gasteiger partial charge on any atom is -0.396 e. The SMILES string of the molecule is C[C@H](NC(=O)[C@@H](C)SCCO)c1ccc(Cl)cc1Cl. The lowest BCUT2D eigenvalue weighted by Gasteiger charge is -2.18. The number of aliphatic hydroxyl groups excluding tert-OH is 1. The Hall–Kier alpha value is -0.420. The van der Waals surface area contributed by atoms with Crippen LogP contribution in [-0.2, 0) is 4.79 Å². The molecule has 0 aliphatic carbocycles. The molecule has 0 fully saturated rings. The minimum absolute atomic E-state index is 0.0703. The van der Waals surface area contributed by atoms with Gasteiger partial charge in [0, 0.05) is 15.8 Å². The summed E-state index contributed by atoms with van der Waals surface area (Å²) >= 11 is 13.3. The number of thioether (sulfide) groups is 1. The molecule has 19 heavy (non-hydrogen) atoms. The molecule has 6 heteroatoms. The van der Waals surface area contributed by atoms with Crippen LogP contribution < -0.4 is 5.32 Å². The Morgan fingerprint density at radius 1 is 1.42 bits per heavy atom. The fourth-order valence-corrected chi connectivity index (χ4v) is 2.82. The van der Waals surface area contributed by atoms with Gasteiger partial charge in [0.1, 0.15) is 0 Å². The molecule has 0 heterocycles. The van der Waals surface area contributed by atoms with Gasteiger partial charge in [-0.05, 0) is 31.5 Å². The maximum absolute atomic E-state index is 11.9. The Kier molecular flexibility index (Phi) is 7.00. The van der Waals surface area contributed by atoms with Crippen molar-refractivity contribution in [3.05, 3.63) is 33.8 Å². The third-order valence-electron chi connectivity index (χ3n) is 2.62. The van der Waals surface area contributed by atoms with Crippen molar-refractivity contribution >= 4 is 40.9 Å². The molecule has 106 valence electrons. The fraction of sp³-hybridized carbons (Fsp3) is 0.462. The molecule has 1 aromatic rings. The van der Waals surface area contributed by atoms with E-state index in [0.717, 1.165) is 5.56 Å². The van der Waals surface area contributed by atoms with E-state index in [-0.39, 0.29) is 23.8 Å². The lowest BCUT2D eigenvalue weighted by molar-refractivity contribution is -0.120. The molecular formula is C13H17Cl2NO2S. The van der Waals surface area contributed by atoms with E-state index in [1.54, 1.807) is 18.2 Å². The maximum Gasteiger partial charge on any atom is 0.233 e. The minimum atomic E-state index is -0.208. The summed E-state index contributed by atoms with van der Waals surface area (Å²) in [6.07, 6.45) is 0. The topological polar surface area (TPSA) is 49.3 Å². The Labute approximate surface area is 127 Å². The van der Waals surface area contributed by atoms with E-state index >= 15 is 0 Å². The van der Waals surface area contributed by atoms with Gasteiger partial charge in [-0.2, -0.15) is 0 Å². The molecular weight excluding hydrogens is 305 g/mol. The van der Waals surface area contributed by atoms with Crippen LogP contribution in [0.5, 0.6) is 0 Å². The van der Waals surface area contributed by atoms with Gasteiger partial charge >= 0.3 is 0 Å². The fourth-order valence-electron chi connectivity index (χ4n) is 1.57. The molecule has 1 amide bonds. The van der Waals surface area contributed by atoms with E-state index in [4.69, 9.17) is 28.3 Å². The van der Waals surface area contributed by atoms with Gasteiger partial charge in [-0.1, -0.05) is 29.3 Å². The Balaban J connectivity index is 2.63. The zero-order valence-electron chi connectivity index (χ0n) is 10.8. The van der Waals surface area contributed by atoms with E-state index in [1.165, 1.54) is 11.8 Å². The summed E-state index contributed by atoms with van der Waals surface area (Å²) in [5.41, 5.74) is 0.832. The highest BCUT2D eigenvalue weighted by atomic mass is 35.5. The zero-order chi connectivity index (χ0) is 14.4. The van der Waals surface area contributed by atoms with E-state index in [2.05, 4.69) is 5.32 Å². The van der Waals surface area contributed by atoms with Crippen molar-refractivity contribution in [1.29, 1.82) is 0 Å². The van der Waals surface area contributed by atoms with Gasteiger partial charge in [-0.3, -0.25) is 4.79 Å². The average Bonchev–Trinajstić information content (AvgIpc) is 2.35. The molecule has 1 rings (SSSR count). The summed E-state index contributed by atoms with van der Waals surface area (Å²) < 4.78 is 0. The highest BCUT2D eigenvalue weighted by Crippen LogP contribution is 2.26. The molecule has 0 saturated heterocycles. The van der Waals surface area contributed by atoms with Crippen molar-refractivity contribution < 1.29 is 9.90 Å². The van der Waals surface area contributed by atoms with E-state index in [0.29, 0.717) is 15.8 Å². The summed E-state index contributed by atoms with van der Waals surface area (Å²) in [7, 11) is 0. The first-order valence-corrected chi connectivity index (χ1v) is 7.74. The maximum atomic E-state index is 11.9. The molecule has 1 aromatic carbocycles. The summed E-state index contributed by atoms with van der Waals surface area (Å²) in [6.45, 7) is 3.75. The molecule has 2 atom stereocenters. The van der Waals surface area contributed by atoms with Crippen molar-refractivity contribution in [2.24, 2.45) is 0 Å². The third kappa shape index (κ3) is 5.22. The summed E-state index contributed by atoms with van der Waals surface area (Å²) in [5.74, 6) is 0.474. The zero-order valence-corrected chi connectivity index (χ0v) is 13.1. The molecule has 3 nitrogen and oxygen atoms in total. The van der Waals surface area contributed by atoms with Crippen LogP contribution in [0.1, 0.15) is 25.5 Å². The van der Waals surface area contributed by atoms with Crippen molar-refractivity contribution in [2.75, 3.05) is 12.4 Å². The third-order valence-corrected chi connectivity index (χ3v) is 4.31. The van der Waals surface area contributed by atoms with Crippen LogP contribution >= 0.6 is 35.0 Å². The van der Waals surface area contributed by atoms with Gasteiger partial charge < -0.3 is 10.4 Å². The summed E-state index contributed by atoms with van der Waals surface area (Å²) in [5, 5.41) is 12.5. The summed E-state index contributed by atoms with van der Waals surface area (Å²) in [4.78, 5) is 11.9. The van der Waals surface area contributed by atoms with Crippen LogP contribution in [0, 0.1) is 0 Å². The number of hydrogen-bond acceptors (Lipinski definition) is 3. The number of rotatable bonds is 6. The largest absolute Gasteiger partial charge is 0.396 e. The average molecular weight is 322 g/mol. The van der Waals surface area contributed by atoms with Crippen LogP contribution in [-0.4, -0.2) is 28.6 Å². The van der Waals surface area contributed by atoms with Gasteiger partial charge in [0.05, 0.1) is 17.9 Å². The number of carbonyl (C=O) groups is 1. The number of halogens is 2. The molecule has 0 saturated carbocycles. The number of amides is 1. The highest BCUT2D eigenvalue weighted by Gasteiger charge is 2.17. The number of aliphatic hydroxyl groups is 1. The smallest absolute Gasteiger partial charge is 0.233 e. The summed E-state index contributed by atoms with van der Waals surface area (Å²) in [6, 6.07) is 5.02. The van der Waals surface area contributed by atoms with Crippen molar-refractivity contribution in [3.8, 4) is 0 Å². The first kappa shape index (κ1) is 16.6. The van der Waals surface area contributed by atoms with Crippen molar-refractivity contribution in [2.45, 2.75) is 25.1 Å². The first-order chi connectivity index (χ1) is 8.95. The molecule has 0 unspecified atom stereocenters. The van der Waals surface area contributed by atoms with Crippen LogP contribution in [0.4, 0.5) is 0 Å². The predicted molar refractivity (Wildman–Crippen MR) is 82.0 cm³/mol. The van der Waals surface area contributed by atoms with Gasteiger partial charge in [0.15, 0.2) is 0 Å². The lowest BCUT2D eigenvalue weighted by Crippen LogP contribution is -2.33. The van der Waals surface area contributed by atoms with Gasteiger partial charge in [0.25, 0.3) is 0 Å². The quantitative estimate of drug-likeness (QED) is 0.845. The van der Waals surface area contributed by atoms with E-state index in [9.17, 15) is 4.79 Å². The van der Waals surface area contributed by atoms with Crippen molar-refractivity contribution in [3.63, 3.8) is 0 Å². The molecule has 0 aliphatic heterocycles. The molecule has 0 aliphatic rings. The Bertz CT molecular complexity index is 443. The molecule has 0 bridgehead atoms. The molecule has 0 aromatic heterocycles. The number of nitrogens with one attached hydrogen (secondary N) is 1. The standard InChI is InChI=1S/C13H17Cl2NO2S/c1-8(11-4-3-10(14)7-12(11)15)16-13(18)9(2)19-6-5-17/h3-4,7-9,17H,5-6H2,1-2H3,(H,16,18)/t8-,9+/m0/s1. The van der Waals surface area contributed by atoms with Crippen LogP contribution in [0.25, 0.3) is 0 Å². The Morgan fingerprint density at radius 2 is 2.11 bits per heavy atom. The van der Waals surface area contributed by atoms with E-state index in [1.807, 2.05) is 13.8 Å². The van der Waals surface area contributed by atoms with Crippen LogP contribution in [0.15, 0.2) is 18.2 Å². The first-order valence-electron chi connectivity index (χ1n) is 5.93. The number of carbonyl (C=O) groups excluding carboxylic acids is 1. The second-order valence-corrected chi connectivity index (χ2v) is 6.43. The number of benzene rings is 1. The second-order valence-electron chi connectivity index (χ2n) is 4.13. The molecule has 0 radical (unpaired) electrons. The van der Waals surface area contributed by atoms with Gasteiger partial charge in [0.2, 0.25) is 5.91 Å². The lowest BCUT2D eigenvalue weighted by atomic mass is 10.1. The predicted octanol–water partition coefficient (Wildman–Crippen LogP) is 3.28. The second kappa shape index (κ2) is 8.00. The van der Waals surface area contributed by atoms with E-state index < -0.39 is 0 Å². The van der Waals surface area contributed by atoms with Crippen LogP contribution in [0.2, 0.25) is 10.0 Å².